The molecule has 0 aliphatic heterocycles. The fourth-order valence-corrected chi connectivity index (χ4v) is 3.89. The number of aryl methyl sites for hydroxylation is 2. The van der Waals surface area contributed by atoms with E-state index in [4.69, 9.17) is 0 Å². The smallest absolute Gasteiger partial charge is 0.207 e. The van der Waals surface area contributed by atoms with Crippen LogP contribution in [0, 0.1) is 19.8 Å². The van der Waals surface area contributed by atoms with Gasteiger partial charge in [0.2, 0.25) is 10.0 Å². The van der Waals surface area contributed by atoms with E-state index in [1.807, 2.05) is 50.2 Å². The van der Waals surface area contributed by atoms with Gasteiger partial charge in [0.25, 0.3) is 0 Å². The van der Waals surface area contributed by atoms with Crippen LogP contribution in [0.25, 0.3) is 0 Å². The third-order valence-corrected chi connectivity index (χ3v) is 5.60. The molecule has 1 N–H and O–H groups in total. The topological polar surface area (TPSA) is 46.2 Å². The van der Waals surface area contributed by atoms with Crippen LogP contribution in [0.4, 0.5) is 0 Å². The van der Waals surface area contributed by atoms with Crippen molar-refractivity contribution in [1.29, 1.82) is 0 Å². The molecule has 1 saturated carbocycles. The molecule has 2 aromatic rings. The van der Waals surface area contributed by atoms with Gasteiger partial charge in [-0.25, -0.2) is 13.1 Å². The van der Waals surface area contributed by atoms with Crippen molar-refractivity contribution in [3.63, 3.8) is 0 Å². The van der Waals surface area contributed by atoms with Crippen molar-refractivity contribution in [2.24, 2.45) is 5.92 Å². The first-order valence-electron chi connectivity index (χ1n) is 7.61. The molecular weight excluding hydrogens is 294 g/mol. The van der Waals surface area contributed by atoms with E-state index >= 15 is 0 Å². The quantitative estimate of drug-likeness (QED) is 0.914. The summed E-state index contributed by atoms with van der Waals surface area (Å²) in [5.41, 5.74) is 3.28. The van der Waals surface area contributed by atoms with Crippen LogP contribution in [0.2, 0.25) is 0 Å². The maximum absolute atomic E-state index is 12.6. The second kappa shape index (κ2) is 5.86. The van der Waals surface area contributed by atoms with E-state index in [-0.39, 0.29) is 6.04 Å². The molecule has 22 heavy (non-hydrogen) atoms. The highest BCUT2D eigenvalue weighted by molar-refractivity contribution is 7.89. The van der Waals surface area contributed by atoms with Crippen LogP contribution < -0.4 is 4.72 Å². The summed E-state index contributed by atoms with van der Waals surface area (Å²) in [5.74, 6) is 0.405. The van der Waals surface area contributed by atoms with Crippen LogP contribution in [0.15, 0.2) is 53.4 Å². The van der Waals surface area contributed by atoms with Gasteiger partial charge < -0.3 is 0 Å². The molecule has 0 amide bonds. The van der Waals surface area contributed by atoms with Crippen LogP contribution in [-0.2, 0) is 10.0 Å². The third-order valence-electron chi connectivity index (χ3n) is 4.14. The number of sulfonamides is 1. The predicted octanol–water partition coefficient (Wildman–Crippen LogP) is 3.73. The molecule has 0 aromatic heterocycles. The number of rotatable bonds is 5. The van der Waals surface area contributed by atoms with Gasteiger partial charge in [0.05, 0.1) is 4.90 Å². The van der Waals surface area contributed by atoms with Gasteiger partial charge >= 0.3 is 0 Å². The second-order valence-electron chi connectivity index (χ2n) is 6.16. The summed E-state index contributed by atoms with van der Waals surface area (Å²) in [6.07, 6.45) is 2.16. The molecule has 116 valence electrons. The molecule has 0 heterocycles. The Balaban J connectivity index is 1.87. The van der Waals surface area contributed by atoms with Gasteiger partial charge in [-0.05, 0) is 50.3 Å². The van der Waals surface area contributed by atoms with Crippen molar-refractivity contribution in [2.75, 3.05) is 0 Å². The molecule has 1 aliphatic carbocycles. The van der Waals surface area contributed by atoms with E-state index in [2.05, 4.69) is 4.72 Å². The van der Waals surface area contributed by atoms with E-state index in [0.29, 0.717) is 10.8 Å². The lowest BCUT2D eigenvalue weighted by atomic mass is 10.0. The molecule has 0 bridgehead atoms. The van der Waals surface area contributed by atoms with Crippen molar-refractivity contribution in [2.45, 2.75) is 37.6 Å². The summed E-state index contributed by atoms with van der Waals surface area (Å²) >= 11 is 0. The first-order chi connectivity index (χ1) is 10.5. The average Bonchev–Trinajstić information content (AvgIpc) is 3.31. The lowest BCUT2D eigenvalue weighted by Crippen LogP contribution is -2.30. The monoisotopic (exact) mass is 315 g/mol. The minimum absolute atomic E-state index is 0.132. The molecule has 3 nitrogen and oxygen atoms in total. The third kappa shape index (κ3) is 3.39. The highest BCUT2D eigenvalue weighted by Gasteiger charge is 2.35. The first-order valence-corrected chi connectivity index (χ1v) is 9.09. The maximum Gasteiger partial charge on any atom is 0.241 e. The van der Waals surface area contributed by atoms with Gasteiger partial charge in [0.1, 0.15) is 0 Å². The Morgan fingerprint density at radius 2 is 1.41 bits per heavy atom. The lowest BCUT2D eigenvalue weighted by Gasteiger charge is -2.19. The SMILES string of the molecule is Cc1ccc([C@H](NS(=O)(=O)c2ccc(C)cc2)C2CC2)cc1. The van der Waals surface area contributed by atoms with Crippen LogP contribution >= 0.6 is 0 Å². The molecule has 2 aromatic carbocycles. The molecule has 1 atom stereocenters. The molecule has 0 saturated heterocycles. The van der Waals surface area contributed by atoms with Crippen molar-refractivity contribution in [3.8, 4) is 0 Å². The fourth-order valence-electron chi connectivity index (χ4n) is 2.59. The van der Waals surface area contributed by atoms with Crippen LogP contribution in [0.1, 0.15) is 35.6 Å². The summed E-state index contributed by atoms with van der Waals surface area (Å²) < 4.78 is 28.1. The number of nitrogens with one attached hydrogen (secondary N) is 1. The minimum Gasteiger partial charge on any atom is -0.207 e. The Morgan fingerprint density at radius 3 is 1.91 bits per heavy atom. The Hall–Kier alpha value is -1.65. The van der Waals surface area contributed by atoms with Crippen LogP contribution in [0.3, 0.4) is 0 Å². The Morgan fingerprint density at radius 1 is 0.909 bits per heavy atom. The van der Waals surface area contributed by atoms with E-state index < -0.39 is 10.0 Å². The van der Waals surface area contributed by atoms with Gasteiger partial charge in [0, 0.05) is 6.04 Å². The number of hydrogen-bond acceptors (Lipinski definition) is 2. The van der Waals surface area contributed by atoms with Crippen LogP contribution in [0.5, 0.6) is 0 Å². The van der Waals surface area contributed by atoms with Crippen molar-refractivity contribution < 1.29 is 8.42 Å². The zero-order chi connectivity index (χ0) is 15.7. The normalized spacial score (nSPS) is 16.5. The Labute approximate surface area is 132 Å². The van der Waals surface area contributed by atoms with E-state index in [0.717, 1.165) is 24.0 Å². The Kier molecular flexibility index (Phi) is 4.06. The standard InChI is InChI=1S/C18H21NO2S/c1-13-3-7-15(8-4-13)18(16-9-10-16)19-22(20,21)17-11-5-14(2)6-12-17/h3-8,11-12,16,18-19H,9-10H2,1-2H3/t18-/m0/s1. The van der Waals surface area contributed by atoms with Crippen molar-refractivity contribution >= 4 is 10.0 Å². The predicted molar refractivity (Wildman–Crippen MR) is 88.1 cm³/mol. The zero-order valence-electron chi connectivity index (χ0n) is 12.9. The first kappa shape index (κ1) is 15.3. The molecular formula is C18H21NO2S. The van der Waals surface area contributed by atoms with E-state index in [9.17, 15) is 8.42 Å². The largest absolute Gasteiger partial charge is 0.241 e. The summed E-state index contributed by atoms with van der Waals surface area (Å²) in [6, 6.07) is 15.0. The molecule has 1 aliphatic rings. The molecule has 0 unspecified atom stereocenters. The highest BCUT2D eigenvalue weighted by atomic mass is 32.2. The minimum atomic E-state index is -3.49. The zero-order valence-corrected chi connectivity index (χ0v) is 13.7. The van der Waals surface area contributed by atoms with Crippen molar-refractivity contribution in [1.82, 2.24) is 4.72 Å². The summed E-state index contributed by atoms with van der Waals surface area (Å²) in [6.45, 7) is 3.98. The van der Waals surface area contributed by atoms with Crippen molar-refractivity contribution in [3.05, 3.63) is 65.2 Å². The van der Waals surface area contributed by atoms with E-state index in [1.54, 1.807) is 12.1 Å². The lowest BCUT2D eigenvalue weighted by molar-refractivity contribution is 0.529. The number of benzene rings is 2. The van der Waals surface area contributed by atoms with Gasteiger partial charge in [-0.15, -0.1) is 0 Å². The summed E-state index contributed by atoms with van der Waals surface area (Å²) in [4.78, 5) is 0.330. The average molecular weight is 315 g/mol. The summed E-state index contributed by atoms with van der Waals surface area (Å²) in [7, 11) is -3.49. The fraction of sp³-hybridized carbons (Fsp3) is 0.333. The van der Waals surface area contributed by atoms with Gasteiger partial charge in [-0.3, -0.25) is 0 Å². The van der Waals surface area contributed by atoms with Gasteiger partial charge in [-0.2, -0.15) is 0 Å². The second-order valence-corrected chi connectivity index (χ2v) is 7.87. The van der Waals surface area contributed by atoms with Gasteiger partial charge in [0.15, 0.2) is 0 Å². The van der Waals surface area contributed by atoms with Gasteiger partial charge in [-0.1, -0.05) is 47.5 Å². The summed E-state index contributed by atoms with van der Waals surface area (Å²) in [5, 5.41) is 0. The molecule has 1 fully saturated rings. The van der Waals surface area contributed by atoms with Crippen LogP contribution in [-0.4, -0.2) is 8.42 Å². The molecule has 0 spiro atoms. The maximum atomic E-state index is 12.6. The molecule has 4 heteroatoms. The Bertz CT molecular complexity index is 745. The molecule has 0 radical (unpaired) electrons. The number of hydrogen-bond donors (Lipinski definition) is 1. The van der Waals surface area contributed by atoms with E-state index in [1.165, 1.54) is 5.56 Å². The highest BCUT2D eigenvalue weighted by Crippen LogP contribution is 2.41. The molecule has 3 rings (SSSR count).